The predicted molar refractivity (Wildman–Crippen MR) is 168 cm³/mol. The summed E-state index contributed by atoms with van der Waals surface area (Å²) in [5.41, 5.74) is 14.9. The number of aliphatic hydroxyl groups is 1. The number of carbonyl (C=O) groups is 1. The molecule has 44 heavy (non-hydrogen) atoms. The topological polar surface area (TPSA) is 151 Å². The van der Waals surface area contributed by atoms with E-state index in [2.05, 4.69) is 10.3 Å². The molecule has 0 aliphatic carbocycles. The summed E-state index contributed by atoms with van der Waals surface area (Å²) in [6.45, 7) is 0.159. The van der Waals surface area contributed by atoms with Gasteiger partial charge in [0.15, 0.2) is 12.2 Å². The van der Waals surface area contributed by atoms with Crippen LogP contribution >= 0.6 is 0 Å². The molecule has 230 valence electrons. The summed E-state index contributed by atoms with van der Waals surface area (Å²) in [5.74, 6) is -0.694. The highest BCUT2D eigenvalue weighted by Crippen LogP contribution is 2.28. The van der Waals surface area contributed by atoms with Gasteiger partial charge >= 0.3 is 0 Å². The van der Waals surface area contributed by atoms with Crippen LogP contribution in [0.3, 0.4) is 0 Å². The number of rotatable bonds is 12. The standard InChI is InChI=1S/C34H38N4O6/c1-41-21-28-31(40)32(42-19-22-11-14-26(15-12-22)24-7-3-2-4-8-24)30(38-29(39)18-37-34(35)36)33(44-28)43-20-23-13-16-25-9-5-6-10-27(25)17-23/h2-17,28,30-33,40H,18-21H2,1H3,(H,38,39)(H4,35,36,37)/t28-,30-,31-,32-,33?/m1/s1. The lowest BCUT2D eigenvalue weighted by Crippen LogP contribution is -2.65. The van der Waals surface area contributed by atoms with Crippen molar-refractivity contribution in [1.29, 1.82) is 0 Å². The SMILES string of the molecule is COC[C@H]1OC(OCc2ccc3ccccc3c2)[C@H](NC(=O)CN=C(N)N)[C@@H](OCc2ccc(-c3ccccc3)cc2)[C@@H]1O. The number of aliphatic hydroxyl groups excluding tert-OH is 1. The lowest BCUT2D eigenvalue weighted by atomic mass is 9.96. The van der Waals surface area contributed by atoms with Gasteiger partial charge in [-0.25, -0.2) is 4.99 Å². The van der Waals surface area contributed by atoms with Gasteiger partial charge in [0, 0.05) is 7.11 Å². The minimum absolute atomic E-state index is 0.0945. The fourth-order valence-corrected chi connectivity index (χ4v) is 5.23. The van der Waals surface area contributed by atoms with Crippen LogP contribution < -0.4 is 16.8 Å². The van der Waals surface area contributed by atoms with Crippen molar-refractivity contribution < 1.29 is 28.8 Å². The van der Waals surface area contributed by atoms with E-state index in [4.69, 9.17) is 30.4 Å². The first-order chi connectivity index (χ1) is 21.4. The Morgan fingerprint density at radius 1 is 0.864 bits per heavy atom. The summed E-state index contributed by atoms with van der Waals surface area (Å²) in [5, 5.41) is 16.4. The van der Waals surface area contributed by atoms with Crippen molar-refractivity contribution in [2.75, 3.05) is 20.3 Å². The molecule has 4 aromatic rings. The second kappa shape index (κ2) is 14.9. The summed E-state index contributed by atoms with van der Waals surface area (Å²) in [6.07, 6.45) is -3.77. The van der Waals surface area contributed by atoms with E-state index in [9.17, 15) is 9.90 Å². The smallest absolute Gasteiger partial charge is 0.242 e. The Morgan fingerprint density at radius 2 is 1.52 bits per heavy atom. The molecule has 0 bridgehead atoms. The lowest BCUT2D eigenvalue weighted by Gasteiger charge is -2.44. The van der Waals surface area contributed by atoms with Gasteiger partial charge in [0.2, 0.25) is 5.91 Å². The van der Waals surface area contributed by atoms with E-state index < -0.39 is 36.6 Å². The summed E-state index contributed by atoms with van der Waals surface area (Å²) >= 11 is 0. The highest BCUT2D eigenvalue weighted by molar-refractivity contribution is 5.83. The molecule has 10 heteroatoms. The predicted octanol–water partition coefficient (Wildman–Crippen LogP) is 3.10. The Bertz CT molecular complexity index is 1540. The van der Waals surface area contributed by atoms with E-state index in [0.29, 0.717) is 0 Å². The second-order valence-corrected chi connectivity index (χ2v) is 10.7. The van der Waals surface area contributed by atoms with Crippen LogP contribution in [0.15, 0.2) is 102 Å². The fourth-order valence-electron chi connectivity index (χ4n) is 5.23. The van der Waals surface area contributed by atoms with E-state index in [-0.39, 0.29) is 32.3 Å². The maximum Gasteiger partial charge on any atom is 0.242 e. The number of aliphatic imine (C=N–C) groups is 1. The van der Waals surface area contributed by atoms with Gasteiger partial charge in [-0.3, -0.25) is 4.79 Å². The first-order valence-corrected chi connectivity index (χ1v) is 14.4. The number of ether oxygens (including phenoxy) is 4. The van der Waals surface area contributed by atoms with Gasteiger partial charge in [0.25, 0.3) is 0 Å². The molecule has 4 aromatic carbocycles. The number of fused-ring (bicyclic) bond motifs is 1. The number of methoxy groups -OCH3 is 1. The first kappa shape index (κ1) is 31.1. The number of nitrogens with zero attached hydrogens (tertiary/aromatic N) is 1. The highest BCUT2D eigenvalue weighted by Gasteiger charge is 2.47. The lowest BCUT2D eigenvalue weighted by molar-refractivity contribution is -0.282. The third kappa shape index (κ3) is 7.98. The molecule has 1 amide bonds. The fraction of sp³-hybridized carbons (Fsp3) is 0.294. The van der Waals surface area contributed by atoms with Gasteiger partial charge in [-0.05, 0) is 39.1 Å². The summed E-state index contributed by atoms with van der Waals surface area (Å²) in [6, 6.07) is 31.3. The van der Waals surface area contributed by atoms with Crippen molar-refractivity contribution in [2.45, 2.75) is 43.9 Å². The second-order valence-electron chi connectivity index (χ2n) is 10.7. The molecular weight excluding hydrogens is 560 g/mol. The Morgan fingerprint density at radius 3 is 2.25 bits per heavy atom. The number of hydrogen-bond donors (Lipinski definition) is 4. The summed E-state index contributed by atoms with van der Waals surface area (Å²) in [4.78, 5) is 16.7. The zero-order chi connectivity index (χ0) is 30.9. The molecule has 0 saturated carbocycles. The maximum absolute atomic E-state index is 12.9. The molecule has 1 saturated heterocycles. The van der Waals surface area contributed by atoms with E-state index in [1.807, 2.05) is 97.1 Å². The van der Waals surface area contributed by atoms with Crippen molar-refractivity contribution >= 4 is 22.6 Å². The Kier molecular flexibility index (Phi) is 10.5. The van der Waals surface area contributed by atoms with Crippen LogP contribution in [0.2, 0.25) is 0 Å². The Hall–Kier alpha value is -4.32. The van der Waals surface area contributed by atoms with Crippen molar-refractivity contribution in [3.63, 3.8) is 0 Å². The summed E-state index contributed by atoms with van der Waals surface area (Å²) < 4.78 is 24.1. The molecule has 0 radical (unpaired) electrons. The average molecular weight is 599 g/mol. The van der Waals surface area contributed by atoms with Crippen LogP contribution in [-0.2, 0) is 37.0 Å². The third-order valence-electron chi connectivity index (χ3n) is 7.47. The Balaban J connectivity index is 1.36. The minimum Gasteiger partial charge on any atom is -0.388 e. The van der Waals surface area contributed by atoms with Gasteiger partial charge in [-0.1, -0.05) is 91.0 Å². The third-order valence-corrected chi connectivity index (χ3v) is 7.47. The van der Waals surface area contributed by atoms with Gasteiger partial charge in [-0.15, -0.1) is 0 Å². The molecular formula is C34H38N4O6. The number of nitrogens with two attached hydrogens (primary N) is 2. The van der Waals surface area contributed by atoms with Crippen molar-refractivity contribution in [2.24, 2.45) is 16.5 Å². The molecule has 10 nitrogen and oxygen atoms in total. The average Bonchev–Trinajstić information content (AvgIpc) is 3.05. The molecule has 5 atom stereocenters. The van der Waals surface area contributed by atoms with E-state index in [1.54, 1.807) is 0 Å². The molecule has 1 unspecified atom stereocenters. The van der Waals surface area contributed by atoms with Gasteiger partial charge in [-0.2, -0.15) is 0 Å². The van der Waals surface area contributed by atoms with Crippen LogP contribution in [-0.4, -0.2) is 67.9 Å². The van der Waals surface area contributed by atoms with Crippen LogP contribution in [0.4, 0.5) is 0 Å². The number of amides is 1. The number of nitrogens with one attached hydrogen (secondary N) is 1. The highest BCUT2D eigenvalue weighted by atomic mass is 16.7. The molecule has 1 aliphatic rings. The zero-order valence-corrected chi connectivity index (χ0v) is 24.5. The van der Waals surface area contributed by atoms with Crippen LogP contribution in [0.1, 0.15) is 11.1 Å². The molecule has 6 N–H and O–H groups in total. The molecule has 1 heterocycles. The minimum atomic E-state index is -1.13. The van der Waals surface area contributed by atoms with Crippen molar-refractivity contribution in [3.05, 3.63) is 108 Å². The van der Waals surface area contributed by atoms with Crippen molar-refractivity contribution in [1.82, 2.24) is 5.32 Å². The van der Waals surface area contributed by atoms with Gasteiger partial charge in [0.05, 0.1) is 19.8 Å². The van der Waals surface area contributed by atoms with Crippen LogP contribution in [0, 0.1) is 0 Å². The number of hydrogen-bond acceptors (Lipinski definition) is 7. The van der Waals surface area contributed by atoms with Gasteiger partial charge in [0.1, 0.15) is 30.9 Å². The molecule has 0 aromatic heterocycles. The van der Waals surface area contributed by atoms with E-state index in [1.165, 1.54) is 7.11 Å². The first-order valence-electron chi connectivity index (χ1n) is 14.4. The monoisotopic (exact) mass is 598 g/mol. The van der Waals surface area contributed by atoms with E-state index >= 15 is 0 Å². The number of carbonyl (C=O) groups excluding carboxylic acids is 1. The molecule has 5 rings (SSSR count). The van der Waals surface area contributed by atoms with Crippen LogP contribution in [0.25, 0.3) is 21.9 Å². The molecule has 1 aliphatic heterocycles. The molecule has 0 spiro atoms. The zero-order valence-electron chi connectivity index (χ0n) is 24.5. The normalized spacial score (nSPS) is 21.5. The maximum atomic E-state index is 12.9. The largest absolute Gasteiger partial charge is 0.388 e. The molecule has 1 fully saturated rings. The van der Waals surface area contributed by atoms with E-state index in [0.717, 1.165) is 33.0 Å². The Labute approximate surface area is 256 Å². The van der Waals surface area contributed by atoms with Crippen LogP contribution in [0.5, 0.6) is 0 Å². The summed E-state index contributed by atoms with van der Waals surface area (Å²) in [7, 11) is 1.52. The number of benzene rings is 4. The number of guanidine groups is 1. The van der Waals surface area contributed by atoms with Crippen molar-refractivity contribution in [3.8, 4) is 11.1 Å². The van der Waals surface area contributed by atoms with Gasteiger partial charge < -0.3 is 40.8 Å². The quantitative estimate of drug-likeness (QED) is 0.144.